The van der Waals surface area contributed by atoms with Crippen molar-refractivity contribution in [1.29, 1.82) is 0 Å². The van der Waals surface area contributed by atoms with Crippen molar-refractivity contribution >= 4 is 29.3 Å². The van der Waals surface area contributed by atoms with Crippen LogP contribution in [0.5, 0.6) is 0 Å². The second-order valence-corrected chi connectivity index (χ2v) is 7.16. The second kappa shape index (κ2) is 10.1. The smallest absolute Gasteiger partial charge is 0.288 e. The van der Waals surface area contributed by atoms with E-state index < -0.39 is 11.8 Å². The number of benzene rings is 2. The predicted octanol–water partition coefficient (Wildman–Crippen LogP) is 4.78. The highest BCUT2D eigenvalue weighted by Crippen LogP contribution is 2.26. The van der Waals surface area contributed by atoms with E-state index in [1.54, 1.807) is 36.4 Å². The van der Waals surface area contributed by atoms with Crippen molar-refractivity contribution in [2.45, 2.75) is 37.0 Å². The van der Waals surface area contributed by atoms with Gasteiger partial charge in [-0.3, -0.25) is 9.59 Å². The molecule has 0 bridgehead atoms. The molecule has 0 saturated heterocycles. The minimum absolute atomic E-state index is 0.0775. The number of anilines is 1. The van der Waals surface area contributed by atoms with Gasteiger partial charge in [0.2, 0.25) is 5.91 Å². The molecule has 2 rings (SSSR count). The van der Waals surface area contributed by atoms with Gasteiger partial charge in [0.05, 0.1) is 0 Å². The van der Waals surface area contributed by atoms with Crippen LogP contribution >= 0.6 is 11.8 Å². The van der Waals surface area contributed by atoms with Crippen molar-refractivity contribution in [2.24, 2.45) is 5.92 Å². The minimum atomic E-state index is -2.49. The summed E-state index contributed by atoms with van der Waals surface area (Å²) >= 11 is 0.444. The average Bonchev–Trinajstić information content (AvgIpc) is 2.67. The first-order valence-electron chi connectivity index (χ1n) is 8.62. The van der Waals surface area contributed by atoms with E-state index >= 15 is 0 Å². The first-order valence-corrected chi connectivity index (χ1v) is 9.50. The Hall–Kier alpha value is -2.41. The zero-order valence-corrected chi connectivity index (χ0v) is 15.9. The second-order valence-electron chi connectivity index (χ2n) is 6.09. The maximum Gasteiger partial charge on any atom is 0.288 e. The van der Waals surface area contributed by atoms with Gasteiger partial charge in [0.15, 0.2) is 0 Å². The van der Waals surface area contributed by atoms with Gasteiger partial charge in [-0.05, 0) is 42.3 Å². The summed E-state index contributed by atoms with van der Waals surface area (Å²) in [5.41, 5.74) is 0.966. The Bertz CT molecular complexity index is 754. The number of thioether (sulfide) groups is 1. The van der Waals surface area contributed by atoms with E-state index in [2.05, 4.69) is 10.6 Å². The Balaban J connectivity index is 2.07. The lowest BCUT2D eigenvalue weighted by Gasteiger charge is -2.23. The molecule has 0 aliphatic carbocycles. The van der Waals surface area contributed by atoms with Crippen molar-refractivity contribution in [3.8, 4) is 0 Å². The van der Waals surface area contributed by atoms with E-state index in [0.29, 0.717) is 34.3 Å². The Morgan fingerprint density at radius 2 is 1.67 bits per heavy atom. The molecule has 144 valence electrons. The van der Waals surface area contributed by atoms with E-state index in [4.69, 9.17) is 0 Å². The number of halogens is 2. The summed E-state index contributed by atoms with van der Waals surface area (Å²) in [5, 5.41) is 5.53. The van der Waals surface area contributed by atoms with Gasteiger partial charge < -0.3 is 10.6 Å². The molecule has 0 spiro atoms. The Morgan fingerprint density at radius 3 is 2.22 bits per heavy atom. The number of amides is 2. The largest absolute Gasteiger partial charge is 0.340 e. The number of rotatable bonds is 8. The minimum Gasteiger partial charge on any atom is -0.340 e. The summed E-state index contributed by atoms with van der Waals surface area (Å²) in [6.45, 7) is 3.83. The fraction of sp³-hybridized carbons (Fsp3) is 0.300. The molecule has 0 fully saturated rings. The molecule has 2 atom stereocenters. The fourth-order valence-electron chi connectivity index (χ4n) is 2.46. The number of nitrogens with one attached hydrogen (secondary N) is 2. The first-order chi connectivity index (χ1) is 12.9. The molecule has 2 amide bonds. The van der Waals surface area contributed by atoms with Crippen molar-refractivity contribution in [1.82, 2.24) is 5.32 Å². The zero-order chi connectivity index (χ0) is 19.8. The molecular weight excluding hydrogens is 370 g/mol. The quantitative estimate of drug-likeness (QED) is 0.636. The van der Waals surface area contributed by atoms with Gasteiger partial charge in [-0.25, -0.2) is 0 Å². The standard InChI is InChI=1S/C20H22F2N2O2S/c1-3-13(2)17(24-18(25)14-7-5-4-6-8-14)19(26)23-15-9-11-16(12-10-15)27-20(21)22/h4-13,17,20H,3H2,1-2H3,(H,23,26)(H,24,25). The maximum atomic E-state index is 12.7. The van der Waals surface area contributed by atoms with Crippen LogP contribution in [0, 0.1) is 5.92 Å². The highest BCUT2D eigenvalue weighted by Gasteiger charge is 2.26. The number of hydrogen-bond donors (Lipinski definition) is 2. The number of alkyl halides is 2. The van der Waals surface area contributed by atoms with Crippen molar-refractivity contribution < 1.29 is 18.4 Å². The van der Waals surface area contributed by atoms with Crippen molar-refractivity contribution in [2.75, 3.05) is 5.32 Å². The molecule has 7 heteroatoms. The van der Waals surface area contributed by atoms with Gasteiger partial charge in [-0.2, -0.15) is 8.78 Å². The molecule has 2 aromatic carbocycles. The summed E-state index contributed by atoms with van der Waals surface area (Å²) in [7, 11) is 0. The average molecular weight is 392 g/mol. The van der Waals surface area contributed by atoms with Gasteiger partial charge in [-0.1, -0.05) is 50.2 Å². The lowest BCUT2D eigenvalue weighted by molar-refractivity contribution is -0.119. The van der Waals surface area contributed by atoms with Crippen LogP contribution in [0.2, 0.25) is 0 Å². The third kappa shape index (κ3) is 6.36. The molecule has 2 unspecified atom stereocenters. The van der Waals surface area contributed by atoms with Crippen LogP contribution in [0.4, 0.5) is 14.5 Å². The molecule has 0 aliphatic heterocycles. The van der Waals surface area contributed by atoms with Crippen LogP contribution in [-0.2, 0) is 4.79 Å². The molecule has 0 radical (unpaired) electrons. The predicted molar refractivity (Wildman–Crippen MR) is 104 cm³/mol. The van der Waals surface area contributed by atoms with Crippen LogP contribution in [0.25, 0.3) is 0 Å². The highest BCUT2D eigenvalue weighted by atomic mass is 32.2. The monoisotopic (exact) mass is 392 g/mol. The molecule has 27 heavy (non-hydrogen) atoms. The third-order valence-electron chi connectivity index (χ3n) is 4.17. The highest BCUT2D eigenvalue weighted by molar-refractivity contribution is 7.99. The summed E-state index contributed by atoms with van der Waals surface area (Å²) in [4.78, 5) is 25.5. The molecule has 0 aromatic heterocycles. The van der Waals surface area contributed by atoms with E-state index in [9.17, 15) is 18.4 Å². The van der Waals surface area contributed by atoms with Crippen LogP contribution in [0.15, 0.2) is 59.5 Å². The molecular formula is C20H22F2N2O2S. The van der Waals surface area contributed by atoms with Gasteiger partial charge >= 0.3 is 0 Å². The number of carbonyl (C=O) groups excluding carboxylic acids is 2. The summed E-state index contributed by atoms with van der Waals surface area (Å²) in [6, 6.07) is 14.1. The zero-order valence-electron chi connectivity index (χ0n) is 15.1. The molecule has 0 heterocycles. The maximum absolute atomic E-state index is 12.7. The van der Waals surface area contributed by atoms with Crippen LogP contribution in [0.1, 0.15) is 30.6 Å². The van der Waals surface area contributed by atoms with Gasteiger partial charge in [0, 0.05) is 16.1 Å². The number of carbonyl (C=O) groups is 2. The van der Waals surface area contributed by atoms with Crippen molar-refractivity contribution in [3.63, 3.8) is 0 Å². The third-order valence-corrected chi connectivity index (χ3v) is 4.89. The summed E-state index contributed by atoms with van der Waals surface area (Å²) < 4.78 is 24.8. The Labute approximate surface area is 161 Å². The first kappa shape index (κ1) is 20.9. The topological polar surface area (TPSA) is 58.2 Å². The number of hydrogen-bond acceptors (Lipinski definition) is 3. The van der Waals surface area contributed by atoms with Crippen molar-refractivity contribution in [3.05, 3.63) is 60.2 Å². The van der Waals surface area contributed by atoms with E-state index in [0.717, 1.165) is 0 Å². The Morgan fingerprint density at radius 1 is 1.04 bits per heavy atom. The molecule has 0 aliphatic rings. The van der Waals surface area contributed by atoms with Gasteiger partial charge in [0.25, 0.3) is 11.7 Å². The Kier molecular flexibility index (Phi) is 7.79. The molecule has 0 saturated carbocycles. The summed E-state index contributed by atoms with van der Waals surface area (Å²) in [5.74, 6) is -3.23. The molecule has 2 N–H and O–H groups in total. The SMILES string of the molecule is CCC(C)C(NC(=O)c1ccccc1)C(=O)Nc1ccc(SC(F)F)cc1. The van der Waals surface area contributed by atoms with Crippen LogP contribution in [0.3, 0.4) is 0 Å². The van der Waals surface area contributed by atoms with E-state index in [-0.39, 0.29) is 17.7 Å². The van der Waals surface area contributed by atoms with E-state index in [1.807, 2.05) is 19.9 Å². The summed E-state index contributed by atoms with van der Waals surface area (Å²) in [6.07, 6.45) is 0.705. The molecule has 2 aromatic rings. The van der Waals surface area contributed by atoms with Crippen LogP contribution in [-0.4, -0.2) is 23.6 Å². The molecule has 4 nitrogen and oxygen atoms in total. The van der Waals surface area contributed by atoms with Crippen LogP contribution < -0.4 is 10.6 Å². The van der Waals surface area contributed by atoms with Gasteiger partial charge in [-0.15, -0.1) is 0 Å². The lowest BCUT2D eigenvalue weighted by atomic mass is 9.97. The van der Waals surface area contributed by atoms with E-state index in [1.165, 1.54) is 12.1 Å². The lowest BCUT2D eigenvalue weighted by Crippen LogP contribution is -2.47. The fourth-order valence-corrected chi connectivity index (χ4v) is 2.95. The normalized spacial score (nSPS) is 13.1. The van der Waals surface area contributed by atoms with Gasteiger partial charge in [0.1, 0.15) is 6.04 Å².